The summed E-state index contributed by atoms with van der Waals surface area (Å²) in [5, 5.41) is 5.22. The molecule has 2 aromatic rings. The number of carbonyl (C=O) groups is 1. The second-order valence-electron chi connectivity index (χ2n) is 7.41. The third-order valence-corrected chi connectivity index (χ3v) is 9.66. The van der Waals surface area contributed by atoms with Crippen LogP contribution in [0, 0.1) is 0 Å². The Hall–Kier alpha value is -2.11. The fraction of sp³-hybridized carbons (Fsp3) is 0.350. The summed E-state index contributed by atoms with van der Waals surface area (Å²) >= 11 is 0. The summed E-state index contributed by atoms with van der Waals surface area (Å²) in [7, 11) is -2.55. The molecule has 1 aliphatic heterocycles. The summed E-state index contributed by atoms with van der Waals surface area (Å²) in [5.41, 5.74) is 0. The van der Waals surface area contributed by atoms with Gasteiger partial charge in [-0.15, -0.1) is 0 Å². The number of amides is 1. The molecule has 1 atom stereocenters. The van der Waals surface area contributed by atoms with E-state index in [0.29, 0.717) is 13.2 Å². The molecule has 4 nitrogen and oxygen atoms in total. The van der Waals surface area contributed by atoms with E-state index in [1.165, 1.54) is 10.4 Å². The van der Waals surface area contributed by atoms with Crippen molar-refractivity contribution in [3.05, 3.63) is 60.7 Å². The van der Waals surface area contributed by atoms with E-state index < -0.39 is 8.32 Å². The van der Waals surface area contributed by atoms with Crippen molar-refractivity contribution >= 4 is 24.8 Å². The van der Waals surface area contributed by atoms with Crippen molar-refractivity contribution in [2.24, 2.45) is 0 Å². The maximum absolute atomic E-state index is 11.3. The standard InChI is InChI=1S/C20H25NO3Si/c1-20(2,3)25(17-10-6-4-7-11-17,18-12-8-5-9-13-18)24-15-16-14-23-19(22)21-16/h4-13,16H,14-15H2,1-3H3,(H,21,22). The van der Waals surface area contributed by atoms with E-state index in [0.717, 1.165) is 0 Å². The van der Waals surface area contributed by atoms with Gasteiger partial charge in [0, 0.05) is 0 Å². The minimum atomic E-state index is -2.55. The van der Waals surface area contributed by atoms with Crippen molar-refractivity contribution in [3.8, 4) is 0 Å². The summed E-state index contributed by atoms with van der Waals surface area (Å²) in [6.45, 7) is 7.52. The van der Waals surface area contributed by atoms with E-state index in [9.17, 15) is 4.79 Å². The van der Waals surface area contributed by atoms with Gasteiger partial charge in [0.05, 0.1) is 12.6 Å². The van der Waals surface area contributed by atoms with Gasteiger partial charge in [-0.3, -0.25) is 0 Å². The molecule has 1 amide bonds. The van der Waals surface area contributed by atoms with Gasteiger partial charge in [-0.25, -0.2) is 4.79 Å². The zero-order chi connectivity index (χ0) is 17.9. The molecular formula is C20H25NO3Si. The minimum Gasteiger partial charge on any atom is -0.447 e. The molecule has 25 heavy (non-hydrogen) atoms. The fourth-order valence-electron chi connectivity index (χ4n) is 3.50. The van der Waals surface area contributed by atoms with Crippen LogP contribution in [0.25, 0.3) is 0 Å². The molecule has 1 fully saturated rings. The van der Waals surface area contributed by atoms with Gasteiger partial charge in [-0.1, -0.05) is 81.4 Å². The van der Waals surface area contributed by atoms with Crippen LogP contribution in [-0.4, -0.2) is 33.7 Å². The number of cyclic esters (lactones) is 1. The highest BCUT2D eigenvalue weighted by molar-refractivity contribution is 6.99. The molecule has 1 unspecified atom stereocenters. The largest absolute Gasteiger partial charge is 0.447 e. The first-order valence-electron chi connectivity index (χ1n) is 8.62. The number of alkyl carbamates (subject to hydrolysis) is 1. The van der Waals surface area contributed by atoms with Crippen LogP contribution in [0.5, 0.6) is 0 Å². The minimum absolute atomic E-state index is 0.0703. The normalized spacial score (nSPS) is 17.9. The molecule has 132 valence electrons. The molecule has 0 bridgehead atoms. The van der Waals surface area contributed by atoms with E-state index in [1.807, 2.05) is 12.1 Å². The van der Waals surface area contributed by atoms with Gasteiger partial charge in [-0.2, -0.15) is 0 Å². The van der Waals surface area contributed by atoms with Gasteiger partial charge < -0.3 is 14.5 Å². The van der Waals surface area contributed by atoms with Crippen molar-refractivity contribution < 1.29 is 14.0 Å². The van der Waals surface area contributed by atoms with Gasteiger partial charge in [0.25, 0.3) is 8.32 Å². The molecule has 5 heteroatoms. The van der Waals surface area contributed by atoms with Gasteiger partial charge in [0.1, 0.15) is 6.61 Å². The second-order valence-corrected chi connectivity index (χ2v) is 11.7. The second kappa shape index (κ2) is 7.02. The number of benzene rings is 2. The van der Waals surface area contributed by atoms with E-state index >= 15 is 0 Å². The van der Waals surface area contributed by atoms with Crippen molar-refractivity contribution in [3.63, 3.8) is 0 Å². The smallest absolute Gasteiger partial charge is 0.407 e. The first kappa shape index (κ1) is 17.7. The predicted octanol–water partition coefficient (Wildman–Crippen LogP) is 2.67. The molecule has 3 rings (SSSR count). The Kier molecular flexibility index (Phi) is 4.97. The monoisotopic (exact) mass is 355 g/mol. The van der Waals surface area contributed by atoms with E-state index in [-0.39, 0.29) is 17.2 Å². The van der Waals surface area contributed by atoms with Gasteiger partial charge in [0.2, 0.25) is 0 Å². The molecule has 1 heterocycles. The number of ether oxygens (including phenoxy) is 1. The van der Waals surface area contributed by atoms with Crippen LogP contribution in [0.1, 0.15) is 20.8 Å². The third kappa shape index (κ3) is 3.48. The van der Waals surface area contributed by atoms with E-state index in [1.54, 1.807) is 0 Å². The lowest BCUT2D eigenvalue weighted by Crippen LogP contribution is -2.67. The van der Waals surface area contributed by atoms with Crippen LogP contribution in [0.4, 0.5) is 4.79 Å². The zero-order valence-corrected chi connectivity index (χ0v) is 16.0. The number of hydrogen-bond acceptors (Lipinski definition) is 3. The summed E-state index contributed by atoms with van der Waals surface area (Å²) in [6, 6.07) is 20.9. The SMILES string of the molecule is CC(C)(C)[Si](OCC1COC(=O)N1)(c1ccccc1)c1ccccc1. The average Bonchev–Trinajstić information content (AvgIpc) is 3.02. The molecule has 1 aliphatic rings. The Morgan fingerprint density at radius 1 is 1.04 bits per heavy atom. The van der Waals surface area contributed by atoms with Crippen LogP contribution >= 0.6 is 0 Å². The van der Waals surface area contributed by atoms with E-state index in [4.69, 9.17) is 9.16 Å². The molecule has 1 saturated heterocycles. The summed E-state index contributed by atoms with van der Waals surface area (Å²) < 4.78 is 11.8. The Balaban J connectivity index is 2.04. The van der Waals surface area contributed by atoms with Gasteiger partial charge in [0.15, 0.2) is 0 Å². The fourth-order valence-corrected chi connectivity index (χ4v) is 8.11. The molecular weight excluding hydrogens is 330 g/mol. The lowest BCUT2D eigenvalue weighted by molar-refractivity contribution is 0.173. The molecule has 0 saturated carbocycles. The first-order valence-corrected chi connectivity index (χ1v) is 10.5. The Labute approximate surface area is 150 Å². The van der Waals surface area contributed by atoms with Crippen LogP contribution < -0.4 is 15.7 Å². The first-order chi connectivity index (χ1) is 11.9. The Morgan fingerprint density at radius 2 is 1.56 bits per heavy atom. The van der Waals surface area contributed by atoms with Crippen LogP contribution in [0.3, 0.4) is 0 Å². The zero-order valence-electron chi connectivity index (χ0n) is 15.0. The molecule has 0 spiro atoms. The highest BCUT2D eigenvalue weighted by Gasteiger charge is 2.50. The summed E-state index contributed by atoms with van der Waals surface area (Å²) in [6.07, 6.45) is -0.365. The quantitative estimate of drug-likeness (QED) is 0.839. The number of hydrogen-bond donors (Lipinski definition) is 1. The molecule has 2 aromatic carbocycles. The maximum atomic E-state index is 11.3. The molecule has 0 radical (unpaired) electrons. The summed E-state index contributed by atoms with van der Waals surface area (Å²) in [5.74, 6) is 0. The summed E-state index contributed by atoms with van der Waals surface area (Å²) in [4.78, 5) is 11.3. The van der Waals surface area contributed by atoms with E-state index in [2.05, 4.69) is 74.6 Å². The molecule has 0 aromatic heterocycles. The van der Waals surface area contributed by atoms with Crippen LogP contribution in [-0.2, 0) is 9.16 Å². The van der Waals surface area contributed by atoms with Crippen molar-refractivity contribution in [2.75, 3.05) is 13.2 Å². The molecule has 0 aliphatic carbocycles. The third-order valence-electron chi connectivity index (χ3n) is 4.66. The number of nitrogens with one attached hydrogen (secondary N) is 1. The Morgan fingerprint density at radius 3 is 1.96 bits per heavy atom. The van der Waals surface area contributed by atoms with Crippen molar-refractivity contribution in [1.82, 2.24) is 5.32 Å². The van der Waals surface area contributed by atoms with Crippen LogP contribution in [0.15, 0.2) is 60.7 Å². The van der Waals surface area contributed by atoms with Gasteiger partial charge in [-0.05, 0) is 15.4 Å². The lowest BCUT2D eigenvalue weighted by atomic mass is 10.2. The maximum Gasteiger partial charge on any atom is 0.407 e. The highest BCUT2D eigenvalue weighted by Crippen LogP contribution is 2.36. The predicted molar refractivity (Wildman–Crippen MR) is 102 cm³/mol. The highest BCUT2D eigenvalue weighted by atomic mass is 28.4. The van der Waals surface area contributed by atoms with Gasteiger partial charge >= 0.3 is 6.09 Å². The lowest BCUT2D eigenvalue weighted by Gasteiger charge is -2.43. The topological polar surface area (TPSA) is 47.6 Å². The molecule has 1 N–H and O–H groups in total. The number of rotatable bonds is 5. The number of carbonyl (C=O) groups excluding carboxylic acids is 1. The van der Waals surface area contributed by atoms with Crippen LogP contribution in [0.2, 0.25) is 5.04 Å². The van der Waals surface area contributed by atoms with Crippen molar-refractivity contribution in [2.45, 2.75) is 31.9 Å². The Bertz CT molecular complexity index is 673. The van der Waals surface area contributed by atoms with Crippen molar-refractivity contribution in [1.29, 1.82) is 0 Å². The average molecular weight is 356 g/mol.